The zero-order chi connectivity index (χ0) is 15.4. The van der Waals surface area contributed by atoms with Crippen LogP contribution >= 0.6 is 0 Å². The van der Waals surface area contributed by atoms with Gasteiger partial charge in [-0.2, -0.15) is 0 Å². The Morgan fingerprint density at radius 3 is 2.67 bits per heavy atom. The maximum Gasteiger partial charge on any atom is 0.126 e. The summed E-state index contributed by atoms with van der Waals surface area (Å²) in [5.74, 6) is -0.241. The molecule has 0 amide bonds. The summed E-state index contributed by atoms with van der Waals surface area (Å²) in [4.78, 5) is 4.69. The molecule has 1 atom stereocenters. The van der Waals surface area contributed by atoms with Gasteiger partial charge in [0.15, 0.2) is 0 Å². The van der Waals surface area contributed by atoms with E-state index in [4.69, 9.17) is 0 Å². The standard InChI is InChI=1S/C17H27FN2O/c1-13-4-5-14(12-16(13)18)17(21)8-11-20(3)15-6-9-19(2)10-7-15/h4-5,12,15,17,21H,6-11H2,1-3H3. The Morgan fingerprint density at radius 2 is 2.05 bits per heavy atom. The van der Waals surface area contributed by atoms with Crippen LogP contribution in [0.4, 0.5) is 4.39 Å². The van der Waals surface area contributed by atoms with Crippen molar-refractivity contribution in [2.45, 2.75) is 38.3 Å². The summed E-state index contributed by atoms with van der Waals surface area (Å²) >= 11 is 0. The average Bonchev–Trinajstić information content (AvgIpc) is 2.48. The summed E-state index contributed by atoms with van der Waals surface area (Å²) in [6.07, 6.45) is 2.42. The summed E-state index contributed by atoms with van der Waals surface area (Å²) in [5, 5.41) is 10.2. The molecule has 21 heavy (non-hydrogen) atoms. The molecule has 0 spiro atoms. The van der Waals surface area contributed by atoms with Gasteiger partial charge in [0.25, 0.3) is 0 Å². The van der Waals surface area contributed by atoms with E-state index in [-0.39, 0.29) is 5.82 Å². The number of aliphatic hydroxyl groups excluding tert-OH is 1. The maximum absolute atomic E-state index is 13.5. The number of piperidine rings is 1. The summed E-state index contributed by atoms with van der Waals surface area (Å²) < 4.78 is 13.5. The van der Waals surface area contributed by atoms with Crippen molar-refractivity contribution in [2.75, 3.05) is 33.7 Å². The van der Waals surface area contributed by atoms with Crippen molar-refractivity contribution >= 4 is 0 Å². The monoisotopic (exact) mass is 294 g/mol. The first-order valence-corrected chi connectivity index (χ1v) is 7.80. The number of hydrogen-bond donors (Lipinski definition) is 1. The minimum Gasteiger partial charge on any atom is -0.388 e. The van der Waals surface area contributed by atoms with Gasteiger partial charge in [0.2, 0.25) is 0 Å². The first-order valence-electron chi connectivity index (χ1n) is 7.80. The van der Waals surface area contributed by atoms with Crippen LogP contribution in [0.15, 0.2) is 18.2 Å². The molecule has 1 saturated heterocycles. The normalized spacial score (nSPS) is 19.1. The number of benzene rings is 1. The minimum atomic E-state index is -0.589. The van der Waals surface area contributed by atoms with Crippen LogP contribution in [0, 0.1) is 12.7 Å². The van der Waals surface area contributed by atoms with E-state index in [1.807, 2.05) is 6.07 Å². The fourth-order valence-electron chi connectivity index (χ4n) is 2.93. The Bertz CT molecular complexity index is 458. The Labute approximate surface area is 127 Å². The van der Waals surface area contributed by atoms with E-state index in [1.165, 1.54) is 18.9 Å². The van der Waals surface area contributed by atoms with Crippen molar-refractivity contribution in [3.05, 3.63) is 35.1 Å². The molecule has 3 nitrogen and oxygen atoms in total. The van der Waals surface area contributed by atoms with E-state index in [0.29, 0.717) is 23.6 Å². The highest BCUT2D eigenvalue weighted by atomic mass is 19.1. The molecule has 1 heterocycles. The fourth-order valence-corrected chi connectivity index (χ4v) is 2.93. The van der Waals surface area contributed by atoms with Crippen molar-refractivity contribution in [2.24, 2.45) is 0 Å². The van der Waals surface area contributed by atoms with Gasteiger partial charge in [-0.25, -0.2) is 4.39 Å². The second-order valence-corrected chi connectivity index (χ2v) is 6.33. The minimum absolute atomic E-state index is 0.241. The van der Waals surface area contributed by atoms with Crippen LogP contribution in [-0.2, 0) is 0 Å². The van der Waals surface area contributed by atoms with Gasteiger partial charge in [-0.1, -0.05) is 12.1 Å². The Morgan fingerprint density at radius 1 is 1.38 bits per heavy atom. The Hall–Kier alpha value is -0.970. The van der Waals surface area contributed by atoms with Crippen LogP contribution in [0.1, 0.15) is 36.5 Å². The maximum atomic E-state index is 13.5. The van der Waals surface area contributed by atoms with Crippen molar-refractivity contribution < 1.29 is 9.50 Å². The lowest BCUT2D eigenvalue weighted by Gasteiger charge is -2.35. The third-order valence-electron chi connectivity index (χ3n) is 4.65. The SMILES string of the molecule is Cc1ccc(C(O)CCN(C)C2CCN(C)CC2)cc1F. The van der Waals surface area contributed by atoms with Crippen LogP contribution < -0.4 is 0 Å². The first kappa shape index (κ1) is 16.4. The van der Waals surface area contributed by atoms with Crippen LogP contribution in [0.2, 0.25) is 0 Å². The average molecular weight is 294 g/mol. The number of aryl methyl sites for hydroxylation is 1. The number of nitrogens with zero attached hydrogens (tertiary/aromatic N) is 2. The molecule has 1 unspecified atom stereocenters. The largest absolute Gasteiger partial charge is 0.388 e. The molecule has 0 saturated carbocycles. The van der Waals surface area contributed by atoms with Crippen molar-refractivity contribution in [1.29, 1.82) is 0 Å². The molecule has 2 rings (SSSR count). The molecule has 0 aliphatic carbocycles. The molecule has 0 bridgehead atoms. The van der Waals surface area contributed by atoms with Crippen molar-refractivity contribution in [1.82, 2.24) is 9.80 Å². The van der Waals surface area contributed by atoms with E-state index in [1.54, 1.807) is 13.0 Å². The molecular formula is C17H27FN2O. The van der Waals surface area contributed by atoms with E-state index in [0.717, 1.165) is 19.6 Å². The van der Waals surface area contributed by atoms with Gasteiger partial charge in [-0.15, -0.1) is 0 Å². The molecule has 1 aromatic carbocycles. The molecule has 1 aliphatic rings. The zero-order valence-electron chi connectivity index (χ0n) is 13.3. The second kappa shape index (κ2) is 7.34. The number of hydrogen-bond acceptors (Lipinski definition) is 3. The van der Waals surface area contributed by atoms with Crippen LogP contribution in [-0.4, -0.2) is 54.7 Å². The van der Waals surface area contributed by atoms with Gasteiger partial charge in [0.1, 0.15) is 5.82 Å². The van der Waals surface area contributed by atoms with E-state index < -0.39 is 6.10 Å². The zero-order valence-corrected chi connectivity index (χ0v) is 13.3. The van der Waals surface area contributed by atoms with E-state index in [9.17, 15) is 9.50 Å². The lowest BCUT2D eigenvalue weighted by atomic mass is 10.0. The van der Waals surface area contributed by atoms with Gasteiger partial charge in [0, 0.05) is 12.6 Å². The highest BCUT2D eigenvalue weighted by Crippen LogP contribution is 2.21. The molecule has 118 valence electrons. The summed E-state index contributed by atoms with van der Waals surface area (Å²) in [7, 11) is 4.28. The number of rotatable bonds is 5. The lowest BCUT2D eigenvalue weighted by molar-refractivity contribution is 0.110. The van der Waals surface area contributed by atoms with Gasteiger partial charge in [-0.3, -0.25) is 0 Å². The second-order valence-electron chi connectivity index (χ2n) is 6.33. The highest BCUT2D eigenvalue weighted by Gasteiger charge is 2.21. The third kappa shape index (κ3) is 4.50. The lowest BCUT2D eigenvalue weighted by Crippen LogP contribution is -2.42. The van der Waals surface area contributed by atoms with E-state index >= 15 is 0 Å². The fraction of sp³-hybridized carbons (Fsp3) is 0.647. The first-order chi connectivity index (χ1) is 9.97. The smallest absolute Gasteiger partial charge is 0.126 e. The predicted octanol–water partition coefficient (Wildman–Crippen LogP) is 2.58. The van der Waals surface area contributed by atoms with Crippen LogP contribution in [0.25, 0.3) is 0 Å². The summed E-state index contributed by atoms with van der Waals surface area (Å²) in [6.45, 7) is 4.85. The molecule has 0 radical (unpaired) electrons. The van der Waals surface area contributed by atoms with Gasteiger partial charge < -0.3 is 14.9 Å². The Kier molecular flexibility index (Phi) is 5.73. The number of likely N-dealkylation sites (tertiary alicyclic amines) is 1. The van der Waals surface area contributed by atoms with Crippen molar-refractivity contribution in [3.8, 4) is 0 Å². The topological polar surface area (TPSA) is 26.7 Å². The molecule has 1 aromatic rings. The molecule has 1 aliphatic heterocycles. The molecular weight excluding hydrogens is 267 g/mol. The highest BCUT2D eigenvalue weighted by molar-refractivity contribution is 5.24. The van der Waals surface area contributed by atoms with Crippen molar-refractivity contribution in [3.63, 3.8) is 0 Å². The summed E-state index contributed by atoms with van der Waals surface area (Å²) in [6, 6.07) is 5.60. The third-order valence-corrected chi connectivity index (χ3v) is 4.65. The number of halogens is 1. The molecule has 1 N–H and O–H groups in total. The van der Waals surface area contributed by atoms with Gasteiger partial charge >= 0.3 is 0 Å². The Balaban J connectivity index is 1.82. The van der Waals surface area contributed by atoms with Gasteiger partial charge in [-0.05, 0) is 70.6 Å². The number of aliphatic hydroxyl groups is 1. The molecule has 4 heteroatoms. The van der Waals surface area contributed by atoms with Crippen LogP contribution in [0.3, 0.4) is 0 Å². The summed E-state index contributed by atoms with van der Waals surface area (Å²) in [5.41, 5.74) is 1.30. The quantitative estimate of drug-likeness (QED) is 0.904. The van der Waals surface area contributed by atoms with Gasteiger partial charge in [0.05, 0.1) is 6.10 Å². The molecule has 1 fully saturated rings. The van der Waals surface area contributed by atoms with E-state index in [2.05, 4.69) is 23.9 Å². The predicted molar refractivity (Wildman–Crippen MR) is 83.9 cm³/mol. The molecule has 0 aromatic heterocycles. The van der Waals surface area contributed by atoms with Crippen LogP contribution in [0.5, 0.6) is 0 Å².